The van der Waals surface area contributed by atoms with Gasteiger partial charge in [-0.25, -0.2) is 0 Å². The van der Waals surface area contributed by atoms with Gasteiger partial charge in [-0.2, -0.15) is 0 Å². The molecule has 0 N–H and O–H groups in total. The van der Waals surface area contributed by atoms with Gasteiger partial charge in [-0.05, 0) is 24.6 Å². The van der Waals surface area contributed by atoms with Crippen LogP contribution in [0.5, 0.6) is 0 Å². The van der Waals surface area contributed by atoms with Crippen LogP contribution in [0.3, 0.4) is 0 Å². The molecule has 0 unspecified atom stereocenters. The minimum Gasteiger partial charge on any atom is -0.127 e. The molecule has 0 saturated carbocycles. The van der Waals surface area contributed by atoms with Gasteiger partial charge in [0, 0.05) is 0 Å². The van der Waals surface area contributed by atoms with Crippen LogP contribution >= 0.6 is 0 Å². The van der Waals surface area contributed by atoms with Gasteiger partial charge in [-0.15, -0.1) is 5.54 Å². The third kappa shape index (κ3) is 5.24. The maximum absolute atomic E-state index is 3.31. The van der Waals surface area contributed by atoms with Crippen molar-refractivity contribution in [1.82, 2.24) is 0 Å². The monoisotopic (exact) mass is 214 g/mol. The van der Waals surface area contributed by atoms with Crippen molar-refractivity contribution in [2.75, 3.05) is 0 Å². The van der Waals surface area contributed by atoms with Crippen LogP contribution in [0.25, 0.3) is 6.08 Å². The Bertz CT molecular complexity index is 394. The minimum atomic E-state index is -1.22. The fourth-order valence-corrected chi connectivity index (χ4v) is 1.59. The standard InChI is InChI=1S/C14H18Si/c1-13-8-10-14(11-9-13)7-5-6-12-15(2,3)4/h5,7-11H,1-4H3/b7-5-. The lowest BCUT2D eigenvalue weighted by Gasteiger charge is -2.02. The van der Waals surface area contributed by atoms with Gasteiger partial charge >= 0.3 is 0 Å². The first-order chi connectivity index (χ1) is 6.97. The van der Waals surface area contributed by atoms with Gasteiger partial charge in [-0.3, -0.25) is 0 Å². The van der Waals surface area contributed by atoms with Crippen LogP contribution in [0.2, 0.25) is 19.6 Å². The molecule has 0 bridgehead atoms. The van der Waals surface area contributed by atoms with Crippen LogP contribution in [0.1, 0.15) is 11.1 Å². The fraction of sp³-hybridized carbons (Fsp3) is 0.286. The predicted molar refractivity (Wildman–Crippen MR) is 71.3 cm³/mol. The molecule has 0 saturated heterocycles. The summed E-state index contributed by atoms with van der Waals surface area (Å²) in [5, 5.41) is 0. The van der Waals surface area contributed by atoms with Gasteiger partial charge in [0.1, 0.15) is 8.07 Å². The predicted octanol–water partition coefficient (Wildman–Crippen LogP) is 3.89. The Balaban J connectivity index is 2.65. The molecule has 0 heterocycles. The number of allylic oxidation sites excluding steroid dienone is 1. The third-order valence-electron chi connectivity index (χ3n) is 1.88. The lowest BCUT2D eigenvalue weighted by atomic mass is 10.1. The highest BCUT2D eigenvalue weighted by Crippen LogP contribution is 2.04. The summed E-state index contributed by atoms with van der Waals surface area (Å²) in [6.45, 7) is 8.84. The fourth-order valence-electron chi connectivity index (χ4n) is 1.07. The van der Waals surface area contributed by atoms with Gasteiger partial charge in [0.15, 0.2) is 0 Å². The summed E-state index contributed by atoms with van der Waals surface area (Å²) in [6.07, 6.45) is 4.01. The first-order valence-electron chi connectivity index (χ1n) is 5.23. The first kappa shape index (κ1) is 11.8. The van der Waals surface area contributed by atoms with Crippen molar-refractivity contribution >= 4 is 14.1 Å². The van der Waals surface area contributed by atoms with E-state index in [9.17, 15) is 0 Å². The van der Waals surface area contributed by atoms with E-state index in [0.29, 0.717) is 0 Å². The second-order valence-corrected chi connectivity index (χ2v) is 9.51. The molecule has 0 aliphatic carbocycles. The molecule has 1 aromatic carbocycles. The lowest BCUT2D eigenvalue weighted by molar-refractivity contribution is 1.46. The van der Waals surface area contributed by atoms with Gasteiger partial charge in [0.2, 0.25) is 0 Å². The van der Waals surface area contributed by atoms with Crippen molar-refractivity contribution in [2.45, 2.75) is 26.6 Å². The van der Waals surface area contributed by atoms with E-state index in [4.69, 9.17) is 0 Å². The summed E-state index contributed by atoms with van der Waals surface area (Å²) < 4.78 is 0. The molecule has 0 spiro atoms. The minimum absolute atomic E-state index is 1.21. The second-order valence-electron chi connectivity index (χ2n) is 4.76. The van der Waals surface area contributed by atoms with Crippen LogP contribution in [-0.2, 0) is 0 Å². The average molecular weight is 214 g/mol. The number of benzene rings is 1. The van der Waals surface area contributed by atoms with Gasteiger partial charge in [0.25, 0.3) is 0 Å². The largest absolute Gasteiger partial charge is 0.129 e. The van der Waals surface area contributed by atoms with Crippen molar-refractivity contribution in [3.63, 3.8) is 0 Å². The number of hydrogen-bond acceptors (Lipinski definition) is 0. The first-order valence-corrected chi connectivity index (χ1v) is 8.73. The van der Waals surface area contributed by atoms with Crippen molar-refractivity contribution in [2.24, 2.45) is 0 Å². The molecular weight excluding hydrogens is 196 g/mol. The summed E-state index contributed by atoms with van der Waals surface area (Å²) >= 11 is 0. The van der Waals surface area contributed by atoms with E-state index in [1.54, 1.807) is 0 Å². The maximum Gasteiger partial charge on any atom is 0.129 e. The molecule has 1 heteroatoms. The number of hydrogen-bond donors (Lipinski definition) is 0. The summed E-state index contributed by atoms with van der Waals surface area (Å²) in [4.78, 5) is 0. The summed E-state index contributed by atoms with van der Waals surface area (Å²) in [5.41, 5.74) is 5.81. The van der Waals surface area contributed by atoms with Crippen molar-refractivity contribution < 1.29 is 0 Å². The average Bonchev–Trinajstić information content (AvgIpc) is 2.14. The van der Waals surface area contributed by atoms with Crippen molar-refractivity contribution in [1.29, 1.82) is 0 Å². The van der Waals surface area contributed by atoms with E-state index in [2.05, 4.69) is 68.4 Å². The molecule has 0 aliphatic heterocycles. The molecule has 1 aromatic rings. The van der Waals surface area contributed by atoms with Gasteiger partial charge in [-0.1, -0.05) is 55.4 Å². The maximum atomic E-state index is 3.31. The second kappa shape index (κ2) is 5.00. The number of aryl methyl sites for hydroxylation is 1. The molecule has 0 nitrogen and oxygen atoms in total. The zero-order chi connectivity index (χ0) is 11.3. The van der Waals surface area contributed by atoms with Crippen molar-refractivity contribution in [3.05, 3.63) is 41.5 Å². The summed E-state index contributed by atoms with van der Waals surface area (Å²) in [6, 6.07) is 8.46. The van der Waals surface area contributed by atoms with E-state index in [-0.39, 0.29) is 0 Å². The van der Waals surface area contributed by atoms with Crippen LogP contribution in [0.15, 0.2) is 30.3 Å². The quantitative estimate of drug-likeness (QED) is 0.491. The zero-order valence-electron chi connectivity index (χ0n) is 9.96. The molecule has 15 heavy (non-hydrogen) atoms. The molecule has 0 amide bonds. The van der Waals surface area contributed by atoms with Gasteiger partial charge in [0.05, 0.1) is 0 Å². The van der Waals surface area contributed by atoms with E-state index in [1.165, 1.54) is 11.1 Å². The Morgan fingerprint density at radius 1 is 1.07 bits per heavy atom. The lowest BCUT2D eigenvalue weighted by Crippen LogP contribution is -2.16. The zero-order valence-corrected chi connectivity index (χ0v) is 11.0. The van der Waals surface area contributed by atoms with Crippen LogP contribution in [-0.4, -0.2) is 8.07 Å². The smallest absolute Gasteiger partial charge is 0.127 e. The molecule has 1 rings (SSSR count). The third-order valence-corrected chi connectivity index (χ3v) is 2.78. The Morgan fingerprint density at radius 3 is 2.20 bits per heavy atom. The highest BCUT2D eigenvalue weighted by molar-refractivity contribution is 6.83. The molecule has 78 valence electrons. The normalized spacial score (nSPS) is 11.2. The van der Waals surface area contributed by atoms with Crippen LogP contribution in [0, 0.1) is 18.4 Å². The van der Waals surface area contributed by atoms with E-state index < -0.39 is 8.07 Å². The van der Waals surface area contributed by atoms with E-state index in [0.717, 1.165) is 0 Å². The Hall–Kier alpha value is -1.26. The Kier molecular flexibility index (Phi) is 3.93. The highest BCUT2D eigenvalue weighted by atomic mass is 28.3. The highest BCUT2D eigenvalue weighted by Gasteiger charge is 2.06. The Labute approximate surface area is 94.0 Å². The SMILES string of the molecule is Cc1ccc(/C=C\C#C[Si](C)(C)C)cc1. The molecule has 0 aliphatic rings. The summed E-state index contributed by atoms with van der Waals surface area (Å²) in [7, 11) is -1.22. The van der Waals surface area contributed by atoms with Crippen LogP contribution in [0.4, 0.5) is 0 Å². The molecule has 0 aromatic heterocycles. The molecular formula is C14H18Si. The summed E-state index contributed by atoms with van der Waals surface area (Å²) in [5.74, 6) is 3.12. The molecule has 0 radical (unpaired) electrons. The number of rotatable bonds is 1. The van der Waals surface area contributed by atoms with E-state index in [1.807, 2.05) is 6.08 Å². The molecule has 0 fully saturated rings. The van der Waals surface area contributed by atoms with Gasteiger partial charge < -0.3 is 0 Å². The Morgan fingerprint density at radius 2 is 1.67 bits per heavy atom. The van der Waals surface area contributed by atoms with Crippen molar-refractivity contribution in [3.8, 4) is 11.5 Å². The topological polar surface area (TPSA) is 0 Å². The van der Waals surface area contributed by atoms with E-state index >= 15 is 0 Å². The van der Waals surface area contributed by atoms with Crippen LogP contribution < -0.4 is 0 Å². The molecule has 0 atom stereocenters.